The lowest BCUT2D eigenvalue weighted by Crippen LogP contribution is -2.44. The Labute approximate surface area is 182 Å². The van der Waals surface area contributed by atoms with Gasteiger partial charge in [-0.05, 0) is 37.7 Å². The standard InChI is InChI=1S/C24H30N6O/c31-24(25-13-12-18-8-3-1-4-9-18)19-10-7-14-29(16-19)22-21-23(27-17-26-22)30-15-6-2-5-11-20(30)28-21/h1,3-4,8-9,17,19H,2,5-7,10-16H2,(H,25,31). The van der Waals surface area contributed by atoms with Gasteiger partial charge in [-0.2, -0.15) is 0 Å². The quantitative estimate of drug-likeness (QED) is 0.689. The average Bonchev–Trinajstić information content (AvgIpc) is 3.00. The molecule has 162 valence electrons. The first-order valence-electron chi connectivity index (χ1n) is 11.6. The number of hydrogen-bond acceptors (Lipinski definition) is 5. The Kier molecular flexibility index (Phi) is 5.82. The molecule has 1 N–H and O–H groups in total. The van der Waals surface area contributed by atoms with Crippen LogP contribution in [0.5, 0.6) is 0 Å². The Hall–Kier alpha value is -2.96. The van der Waals surface area contributed by atoms with Crippen molar-refractivity contribution >= 4 is 22.9 Å². The number of aromatic nitrogens is 4. The van der Waals surface area contributed by atoms with Crippen molar-refractivity contribution in [2.75, 3.05) is 24.5 Å². The van der Waals surface area contributed by atoms with Crippen molar-refractivity contribution in [3.63, 3.8) is 0 Å². The van der Waals surface area contributed by atoms with Gasteiger partial charge >= 0.3 is 0 Å². The minimum Gasteiger partial charge on any atom is -0.355 e. The lowest BCUT2D eigenvalue weighted by atomic mass is 9.97. The molecule has 31 heavy (non-hydrogen) atoms. The summed E-state index contributed by atoms with van der Waals surface area (Å²) >= 11 is 0. The maximum atomic E-state index is 12.8. The summed E-state index contributed by atoms with van der Waals surface area (Å²) in [6.07, 6.45) is 9.01. The minimum absolute atomic E-state index is 0.0185. The van der Waals surface area contributed by atoms with Gasteiger partial charge in [-0.1, -0.05) is 36.8 Å². The second-order valence-electron chi connectivity index (χ2n) is 8.67. The monoisotopic (exact) mass is 418 g/mol. The van der Waals surface area contributed by atoms with Gasteiger partial charge in [0.25, 0.3) is 0 Å². The SMILES string of the molecule is O=C(NCCc1ccccc1)C1CCCN(c2ncnc3c2nc2n3CCCCC2)C1. The molecule has 2 aromatic heterocycles. The van der Waals surface area contributed by atoms with Crippen LogP contribution in [0.15, 0.2) is 36.7 Å². The highest BCUT2D eigenvalue weighted by Crippen LogP contribution is 2.29. The largest absolute Gasteiger partial charge is 0.355 e. The van der Waals surface area contributed by atoms with Crippen LogP contribution in [0.25, 0.3) is 11.2 Å². The number of rotatable bonds is 5. The number of amides is 1. The van der Waals surface area contributed by atoms with Crippen molar-refractivity contribution in [3.05, 3.63) is 48.0 Å². The predicted octanol–water partition coefficient (Wildman–Crippen LogP) is 3.13. The highest BCUT2D eigenvalue weighted by molar-refractivity contribution is 5.85. The Morgan fingerprint density at radius 1 is 1.06 bits per heavy atom. The zero-order valence-electron chi connectivity index (χ0n) is 18.0. The molecule has 1 aromatic carbocycles. The molecule has 1 amide bonds. The third-order valence-corrected chi connectivity index (χ3v) is 6.52. The van der Waals surface area contributed by atoms with Gasteiger partial charge in [-0.3, -0.25) is 4.79 Å². The Morgan fingerprint density at radius 2 is 1.97 bits per heavy atom. The molecule has 0 radical (unpaired) electrons. The van der Waals surface area contributed by atoms with E-state index in [1.165, 1.54) is 24.8 Å². The Morgan fingerprint density at radius 3 is 2.87 bits per heavy atom. The van der Waals surface area contributed by atoms with Crippen molar-refractivity contribution in [1.29, 1.82) is 0 Å². The maximum absolute atomic E-state index is 12.8. The van der Waals surface area contributed by atoms with E-state index in [9.17, 15) is 4.79 Å². The highest BCUT2D eigenvalue weighted by atomic mass is 16.1. The molecular formula is C24H30N6O. The van der Waals surface area contributed by atoms with Gasteiger partial charge in [0.1, 0.15) is 12.2 Å². The number of anilines is 1. The average molecular weight is 419 g/mol. The molecule has 4 heterocycles. The van der Waals surface area contributed by atoms with Crippen molar-refractivity contribution in [2.24, 2.45) is 5.92 Å². The second-order valence-corrected chi connectivity index (χ2v) is 8.67. The number of hydrogen-bond donors (Lipinski definition) is 1. The first-order valence-corrected chi connectivity index (χ1v) is 11.6. The molecule has 1 saturated heterocycles. The number of imidazole rings is 1. The van der Waals surface area contributed by atoms with Crippen molar-refractivity contribution in [1.82, 2.24) is 24.8 Å². The van der Waals surface area contributed by atoms with E-state index in [4.69, 9.17) is 4.98 Å². The van der Waals surface area contributed by atoms with E-state index < -0.39 is 0 Å². The fourth-order valence-electron chi connectivity index (χ4n) is 4.86. The van der Waals surface area contributed by atoms with Crippen LogP contribution < -0.4 is 10.2 Å². The van der Waals surface area contributed by atoms with Crippen LogP contribution in [0.4, 0.5) is 5.82 Å². The van der Waals surface area contributed by atoms with E-state index >= 15 is 0 Å². The molecule has 1 atom stereocenters. The molecule has 1 unspecified atom stereocenters. The van der Waals surface area contributed by atoms with Gasteiger partial charge in [0.2, 0.25) is 5.91 Å². The van der Waals surface area contributed by atoms with Gasteiger partial charge < -0.3 is 14.8 Å². The van der Waals surface area contributed by atoms with Gasteiger partial charge in [0.15, 0.2) is 17.0 Å². The minimum atomic E-state index is -0.0185. The second kappa shape index (κ2) is 9.04. The third-order valence-electron chi connectivity index (χ3n) is 6.52. The van der Waals surface area contributed by atoms with E-state index in [1.807, 2.05) is 18.2 Å². The van der Waals surface area contributed by atoms with Gasteiger partial charge in [0, 0.05) is 32.6 Å². The molecule has 0 spiro atoms. The zero-order valence-corrected chi connectivity index (χ0v) is 18.0. The summed E-state index contributed by atoms with van der Waals surface area (Å²) < 4.78 is 2.27. The molecule has 1 fully saturated rings. The van der Waals surface area contributed by atoms with Crippen LogP contribution in [-0.4, -0.2) is 45.1 Å². The van der Waals surface area contributed by atoms with Crippen molar-refractivity contribution in [3.8, 4) is 0 Å². The van der Waals surface area contributed by atoms with Crippen LogP contribution in [-0.2, 0) is 24.2 Å². The number of benzene rings is 1. The highest BCUT2D eigenvalue weighted by Gasteiger charge is 2.28. The molecule has 0 bridgehead atoms. The van der Waals surface area contributed by atoms with Crippen LogP contribution in [0, 0.1) is 5.92 Å². The van der Waals surface area contributed by atoms with Crippen molar-refractivity contribution < 1.29 is 4.79 Å². The number of carbonyl (C=O) groups excluding carboxylic acids is 1. The van der Waals surface area contributed by atoms with E-state index in [0.29, 0.717) is 13.1 Å². The summed E-state index contributed by atoms with van der Waals surface area (Å²) in [6, 6.07) is 10.3. The number of fused-ring (bicyclic) bond motifs is 3. The number of carbonyl (C=O) groups is 1. The van der Waals surface area contributed by atoms with Crippen LogP contribution >= 0.6 is 0 Å². The molecule has 0 saturated carbocycles. The normalized spacial score (nSPS) is 19.1. The number of aryl methyl sites for hydroxylation is 2. The predicted molar refractivity (Wildman–Crippen MR) is 121 cm³/mol. The summed E-state index contributed by atoms with van der Waals surface area (Å²) in [5.41, 5.74) is 3.08. The number of piperidine rings is 1. The molecule has 5 rings (SSSR count). The summed E-state index contributed by atoms with van der Waals surface area (Å²) in [6.45, 7) is 3.24. The molecule has 0 aliphatic carbocycles. The van der Waals surface area contributed by atoms with E-state index in [1.54, 1.807) is 6.33 Å². The number of nitrogens with one attached hydrogen (secondary N) is 1. The summed E-state index contributed by atoms with van der Waals surface area (Å²) in [5.74, 6) is 2.13. The molecule has 2 aliphatic heterocycles. The molecule has 7 nitrogen and oxygen atoms in total. The lowest BCUT2D eigenvalue weighted by molar-refractivity contribution is -0.125. The first kappa shape index (κ1) is 20.0. The molecule has 2 aliphatic rings. The topological polar surface area (TPSA) is 75.9 Å². The van der Waals surface area contributed by atoms with E-state index in [-0.39, 0.29) is 11.8 Å². The zero-order chi connectivity index (χ0) is 21.0. The molecule has 7 heteroatoms. The fourth-order valence-corrected chi connectivity index (χ4v) is 4.86. The molecule has 3 aromatic rings. The lowest BCUT2D eigenvalue weighted by Gasteiger charge is -2.32. The summed E-state index contributed by atoms with van der Waals surface area (Å²) in [5, 5.41) is 3.14. The van der Waals surface area contributed by atoms with E-state index in [2.05, 4.69) is 36.9 Å². The summed E-state index contributed by atoms with van der Waals surface area (Å²) in [4.78, 5) is 29.2. The third kappa shape index (κ3) is 4.27. The van der Waals surface area contributed by atoms with Crippen LogP contribution in [0.1, 0.15) is 43.5 Å². The van der Waals surface area contributed by atoms with Gasteiger partial charge in [-0.15, -0.1) is 0 Å². The van der Waals surface area contributed by atoms with Crippen molar-refractivity contribution in [2.45, 2.75) is 51.5 Å². The maximum Gasteiger partial charge on any atom is 0.224 e. The Bertz CT molecular complexity index is 1050. The Balaban J connectivity index is 1.28. The van der Waals surface area contributed by atoms with E-state index in [0.717, 1.165) is 61.6 Å². The number of nitrogens with zero attached hydrogens (tertiary/aromatic N) is 5. The molecular weight excluding hydrogens is 388 g/mol. The smallest absolute Gasteiger partial charge is 0.224 e. The van der Waals surface area contributed by atoms with Gasteiger partial charge in [0.05, 0.1) is 5.92 Å². The van der Waals surface area contributed by atoms with Crippen LogP contribution in [0.2, 0.25) is 0 Å². The van der Waals surface area contributed by atoms with Crippen LogP contribution in [0.3, 0.4) is 0 Å². The first-order chi connectivity index (χ1) is 15.3. The fraction of sp³-hybridized carbons (Fsp3) is 0.500. The summed E-state index contributed by atoms with van der Waals surface area (Å²) in [7, 11) is 0. The van der Waals surface area contributed by atoms with Gasteiger partial charge in [-0.25, -0.2) is 15.0 Å².